The van der Waals surface area contributed by atoms with Crippen molar-refractivity contribution in [1.82, 2.24) is 19.7 Å². The fourth-order valence-corrected chi connectivity index (χ4v) is 1.79. The summed E-state index contributed by atoms with van der Waals surface area (Å²) in [6.45, 7) is 7.15. The molecule has 0 aliphatic carbocycles. The van der Waals surface area contributed by atoms with Crippen molar-refractivity contribution in [1.29, 1.82) is 0 Å². The number of nitrogens with zero attached hydrogens (tertiary/aromatic N) is 4. The first kappa shape index (κ1) is 12.8. The molecule has 0 saturated heterocycles. The molecule has 0 amide bonds. The Kier molecular flexibility index (Phi) is 4.09. The van der Waals surface area contributed by atoms with Crippen LogP contribution in [0.2, 0.25) is 0 Å². The van der Waals surface area contributed by atoms with E-state index in [2.05, 4.69) is 15.1 Å². The number of ether oxygens (including phenoxy) is 1. The molecule has 0 N–H and O–H groups in total. The first-order valence-corrected chi connectivity index (χ1v) is 6.18. The van der Waals surface area contributed by atoms with Crippen molar-refractivity contribution >= 4 is 0 Å². The van der Waals surface area contributed by atoms with Crippen LogP contribution in [-0.4, -0.2) is 26.3 Å². The van der Waals surface area contributed by atoms with Crippen LogP contribution in [-0.2, 0) is 17.7 Å². The van der Waals surface area contributed by atoms with E-state index in [1.165, 1.54) is 0 Å². The minimum Gasteiger partial charge on any atom is -0.371 e. The van der Waals surface area contributed by atoms with Crippen LogP contribution in [0.25, 0.3) is 0 Å². The van der Waals surface area contributed by atoms with E-state index in [4.69, 9.17) is 9.26 Å². The molecule has 0 unspecified atom stereocenters. The average Bonchev–Trinajstić information content (AvgIpc) is 2.99. The summed E-state index contributed by atoms with van der Waals surface area (Å²) < 4.78 is 12.6. The van der Waals surface area contributed by atoms with Gasteiger partial charge in [0.15, 0.2) is 5.82 Å². The zero-order valence-electron chi connectivity index (χ0n) is 11.0. The maximum Gasteiger partial charge on any atom is 0.226 e. The highest BCUT2D eigenvalue weighted by Crippen LogP contribution is 2.15. The molecule has 0 saturated carbocycles. The van der Waals surface area contributed by atoms with Crippen LogP contribution < -0.4 is 0 Å². The SMILES string of the molecule is CCO[C@H](C)c1nccn1Cc1noc(CC)n1. The molecule has 0 aliphatic rings. The van der Waals surface area contributed by atoms with Crippen molar-refractivity contribution < 1.29 is 9.26 Å². The van der Waals surface area contributed by atoms with Crippen LogP contribution in [0.3, 0.4) is 0 Å². The third kappa shape index (κ3) is 2.76. The summed E-state index contributed by atoms with van der Waals surface area (Å²) in [6.07, 6.45) is 4.36. The Bertz CT molecular complexity index is 492. The molecule has 2 heterocycles. The number of imidazole rings is 1. The molecule has 2 aromatic rings. The molecular weight excluding hydrogens is 232 g/mol. The number of hydrogen-bond acceptors (Lipinski definition) is 5. The van der Waals surface area contributed by atoms with E-state index < -0.39 is 0 Å². The second kappa shape index (κ2) is 5.77. The van der Waals surface area contributed by atoms with Gasteiger partial charge < -0.3 is 13.8 Å². The quantitative estimate of drug-likeness (QED) is 0.784. The molecule has 0 fully saturated rings. The summed E-state index contributed by atoms with van der Waals surface area (Å²) in [4.78, 5) is 8.59. The molecule has 0 aliphatic heterocycles. The monoisotopic (exact) mass is 250 g/mol. The number of aryl methyl sites for hydroxylation is 1. The molecule has 0 bridgehead atoms. The standard InChI is InChI=1S/C12H18N4O2/c1-4-11-14-10(15-18-11)8-16-7-6-13-12(16)9(3)17-5-2/h6-7,9H,4-5,8H2,1-3H3/t9-/m1/s1. The Labute approximate surface area is 106 Å². The second-order valence-corrected chi connectivity index (χ2v) is 3.97. The lowest BCUT2D eigenvalue weighted by molar-refractivity contribution is 0.0677. The van der Waals surface area contributed by atoms with Gasteiger partial charge in [-0.1, -0.05) is 12.1 Å². The Hall–Kier alpha value is -1.69. The van der Waals surface area contributed by atoms with E-state index in [0.29, 0.717) is 24.9 Å². The molecular formula is C12H18N4O2. The Morgan fingerprint density at radius 3 is 2.94 bits per heavy atom. The first-order valence-electron chi connectivity index (χ1n) is 6.18. The normalized spacial score (nSPS) is 12.8. The van der Waals surface area contributed by atoms with Crippen molar-refractivity contribution in [3.63, 3.8) is 0 Å². The van der Waals surface area contributed by atoms with Crippen LogP contribution in [0.4, 0.5) is 0 Å². The van der Waals surface area contributed by atoms with Gasteiger partial charge in [-0.2, -0.15) is 4.98 Å². The summed E-state index contributed by atoms with van der Waals surface area (Å²) in [6, 6.07) is 0. The Balaban J connectivity index is 2.11. The van der Waals surface area contributed by atoms with Crippen LogP contribution >= 0.6 is 0 Å². The van der Waals surface area contributed by atoms with Crippen LogP contribution in [0.1, 0.15) is 44.4 Å². The Morgan fingerprint density at radius 1 is 1.44 bits per heavy atom. The minimum absolute atomic E-state index is 0.0393. The van der Waals surface area contributed by atoms with E-state index >= 15 is 0 Å². The Morgan fingerprint density at radius 2 is 2.28 bits per heavy atom. The maximum atomic E-state index is 5.54. The maximum absolute atomic E-state index is 5.54. The first-order chi connectivity index (χ1) is 8.74. The van der Waals surface area contributed by atoms with Gasteiger partial charge in [-0.3, -0.25) is 0 Å². The van der Waals surface area contributed by atoms with Crippen molar-refractivity contribution in [2.75, 3.05) is 6.61 Å². The third-order valence-electron chi connectivity index (χ3n) is 2.65. The molecule has 6 nitrogen and oxygen atoms in total. The summed E-state index contributed by atoms with van der Waals surface area (Å²) in [5.41, 5.74) is 0. The highest BCUT2D eigenvalue weighted by molar-refractivity contribution is 4.99. The van der Waals surface area contributed by atoms with Gasteiger partial charge in [0.25, 0.3) is 0 Å². The molecule has 98 valence electrons. The van der Waals surface area contributed by atoms with Crippen LogP contribution in [0, 0.1) is 0 Å². The zero-order chi connectivity index (χ0) is 13.0. The van der Waals surface area contributed by atoms with Crippen LogP contribution in [0.5, 0.6) is 0 Å². The van der Waals surface area contributed by atoms with E-state index in [-0.39, 0.29) is 6.10 Å². The predicted octanol–water partition coefficient (Wildman–Crippen LogP) is 1.97. The van der Waals surface area contributed by atoms with Gasteiger partial charge in [-0.15, -0.1) is 0 Å². The lowest BCUT2D eigenvalue weighted by Gasteiger charge is -2.12. The zero-order valence-corrected chi connectivity index (χ0v) is 11.0. The van der Waals surface area contributed by atoms with Gasteiger partial charge in [-0.25, -0.2) is 4.98 Å². The summed E-state index contributed by atoms with van der Waals surface area (Å²) in [5.74, 6) is 2.19. The van der Waals surface area contributed by atoms with Gasteiger partial charge in [-0.05, 0) is 13.8 Å². The van der Waals surface area contributed by atoms with E-state index in [1.54, 1.807) is 6.20 Å². The average molecular weight is 250 g/mol. The molecule has 0 radical (unpaired) electrons. The largest absolute Gasteiger partial charge is 0.371 e. The summed E-state index contributed by atoms with van der Waals surface area (Å²) in [5, 5.41) is 3.93. The molecule has 6 heteroatoms. The van der Waals surface area contributed by atoms with Gasteiger partial charge >= 0.3 is 0 Å². The molecule has 2 aromatic heterocycles. The predicted molar refractivity (Wildman–Crippen MR) is 65.0 cm³/mol. The van der Waals surface area contributed by atoms with E-state index in [0.717, 1.165) is 12.2 Å². The molecule has 2 rings (SSSR count). The molecule has 1 atom stereocenters. The number of aromatic nitrogens is 4. The fourth-order valence-electron chi connectivity index (χ4n) is 1.79. The lowest BCUT2D eigenvalue weighted by atomic mass is 10.3. The second-order valence-electron chi connectivity index (χ2n) is 3.97. The van der Waals surface area contributed by atoms with Crippen molar-refractivity contribution in [3.8, 4) is 0 Å². The third-order valence-corrected chi connectivity index (χ3v) is 2.65. The van der Waals surface area contributed by atoms with E-state index in [1.807, 2.05) is 31.5 Å². The van der Waals surface area contributed by atoms with Crippen molar-refractivity contribution in [3.05, 3.63) is 29.9 Å². The highest BCUT2D eigenvalue weighted by Gasteiger charge is 2.14. The molecule has 18 heavy (non-hydrogen) atoms. The minimum atomic E-state index is -0.0393. The van der Waals surface area contributed by atoms with Gasteiger partial charge in [0.2, 0.25) is 5.89 Å². The molecule has 0 spiro atoms. The van der Waals surface area contributed by atoms with Gasteiger partial charge in [0.1, 0.15) is 11.9 Å². The van der Waals surface area contributed by atoms with E-state index in [9.17, 15) is 0 Å². The number of hydrogen-bond donors (Lipinski definition) is 0. The smallest absolute Gasteiger partial charge is 0.226 e. The van der Waals surface area contributed by atoms with Gasteiger partial charge in [0, 0.05) is 25.4 Å². The molecule has 0 aromatic carbocycles. The van der Waals surface area contributed by atoms with Crippen molar-refractivity contribution in [2.45, 2.75) is 39.8 Å². The lowest BCUT2D eigenvalue weighted by Crippen LogP contribution is -2.11. The number of rotatable bonds is 6. The van der Waals surface area contributed by atoms with Crippen LogP contribution in [0.15, 0.2) is 16.9 Å². The topological polar surface area (TPSA) is 66.0 Å². The highest BCUT2D eigenvalue weighted by atomic mass is 16.5. The van der Waals surface area contributed by atoms with Crippen molar-refractivity contribution in [2.24, 2.45) is 0 Å². The summed E-state index contributed by atoms with van der Waals surface area (Å²) >= 11 is 0. The summed E-state index contributed by atoms with van der Waals surface area (Å²) in [7, 11) is 0. The van der Waals surface area contributed by atoms with Gasteiger partial charge in [0.05, 0.1) is 6.54 Å². The fraction of sp³-hybridized carbons (Fsp3) is 0.583.